The molecule has 4 rings (SSSR count). The van der Waals surface area contributed by atoms with Crippen molar-refractivity contribution in [3.05, 3.63) is 78.1 Å². The monoisotopic (exact) mass is 387 g/mol. The van der Waals surface area contributed by atoms with Gasteiger partial charge in [-0.25, -0.2) is 4.98 Å². The molecule has 2 aromatic carbocycles. The van der Waals surface area contributed by atoms with Crippen molar-refractivity contribution in [2.24, 2.45) is 0 Å². The molecule has 1 atom stereocenters. The molecule has 0 bridgehead atoms. The number of fused-ring (bicyclic) bond motifs is 1. The molecule has 2 heterocycles. The van der Waals surface area contributed by atoms with E-state index in [1.807, 2.05) is 11.0 Å². The average molecular weight is 388 g/mol. The molecular weight excluding hydrogens is 358 g/mol. The van der Waals surface area contributed by atoms with Crippen molar-refractivity contribution in [3.63, 3.8) is 0 Å². The summed E-state index contributed by atoms with van der Waals surface area (Å²) < 4.78 is 2.29. The Morgan fingerprint density at radius 3 is 2.55 bits per heavy atom. The number of hydrogen-bond acceptors (Lipinski definition) is 2. The van der Waals surface area contributed by atoms with Crippen LogP contribution >= 0.6 is 0 Å². The number of nitrogens with zero attached hydrogens (tertiary/aromatic N) is 3. The zero-order chi connectivity index (χ0) is 20.6. The van der Waals surface area contributed by atoms with Crippen LogP contribution in [0.25, 0.3) is 11.0 Å². The van der Waals surface area contributed by atoms with Crippen LogP contribution in [0.4, 0.5) is 0 Å². The van der Waals surface area contributed by atoms with Crippen LogP contribution in [0, 0.1) is 0 Å². The van der Waals surface area contributed by atoms with Gasteiger partial charge in [-0.1, -0.05) is 63.2 Å². The van der Waals surface area contributed by atoms with Gasteiger partial charge in [-0.2, -0.15) is 0 Å². The van der Waals surface area contributed by atoms with Crippen molar-refractivity contribution in [2.75, 3.05) is 13.1 Å². The highest BCUT2D eigenvalue weighted by Gasteiger charge is 2.33. The number of rotatable bonds is 5. The molecule has 1 amide bonds. The van der Waals surface area contributed by atoms with Gasteiger partial charge in [0.2, 0.25) is 5.91 Å². The Bertz CT molecular complexity index is 1040. The minimum atomic E-state index is 0.115. The van der Waals surface area contributed by atoms with Crippen molar-refractivity contribution >= 4 is 16.9 Å². The van der Waals surface area contributed by atoms with E-state index in [4.69, 9.17) is 4.98 Å². The van der Waals surface area contributed by atoms with E-state index >= 15 is 0 Å². The topological polar surface area (TPSA) is 38.1 Å². The highest BCUT2D eigenvalue weighted by atomic mass is 16.2. The first-order valence-electron chi connectivity index (χ1n) is 10.3. The summed E-state index contributed by atoms with van der Waals surface area (Å²) >= 11 is 0. The molecule has 0 spiro atoms. The minimum absolute atomic E-state index is 0.115. The number of carbonyl (C=O) groups excluding carboxylic acids is 1. The summed E-state index contributed by atoms with van der Waals surface area (Å²) in [6, 6.07) is 17.1. The summed E-state index contributed by atoms with van der Waals surface area (Å²) in [6.07, 6.45) is 2.31. The molecule has 1 aromatic heterocycles. The molecule has 0 unspecified atom stereocenters. The smallest absolute Gasteiger partial charge is 0.223 e. The van der Waals surface area contributed by atoms with Gasteiger partial charge >= 0.3 is 0 Å². The van der Waals surface area contributed by atoms with Gasteiger partial charge in [0.25, 0.3) is 0 Å². The van der Waals surface area contributed by atoms with Crippen molar-refractivity contribution < 1.29 is 4.79 Å². The van der Waals surface area contributed by atoms with Crippen LogP contribution in [-0.4, -0.2) is 33.4 Å². The summed E-state index contributed by atoms with van der Waals surface area (Å²) in [4.78, 5) is 19.2. The maximum Gasteiger partial charge on any atom is 0.223 e. The fraction of sp³-hybridized carbons (Fsp3) is 0.360. The Morgan fingerprint density at radius 1 is 1.14 bits per heavy atom. The second-order valence-electron chi connectivity index (χ2n) is 8.98. The number of amides is 1. The molecule has 0 aliphatic carbocycles. The number of carbonyl (C=O) groups is 1. The molecule has 150 valence electrons. The predicted octanol–water partition coefficient (Wildman–Crippen LogP) is 4.88. The first kappa shape index (κ1) is 19.4. The van der Waals surface area contributed by atoms with Gasteiger partial charge in [-0.05, 0) is 28.7 Å². The summed E-state index contributed by atoms with van der Waals surface area (Å²) in [6.45, 7) is 12.5. The van der Waals surface area contributed by atoms with Crippen LogP contribution in [-0.2, 0) is 16.8 Å². The van der Waals surface area contributed by atoms with E-state index < -0.39 is 0 Å². The molecule has 0 radical (unpaired) electrons. The van der Waals surface area contributed by atoms with Crippen molar-refractivity contribution in [3.8, 4) is 0 Å². The second-order valence-corrected chi connectivity index (χ2v) is 8.98. The fourth-order valence-corrected chi connectivity index (χ4v) is 4.14. The number of benzene rings is 2. The van der Waals surface area contributed by atoms with E-state index in [1.54, 1.807) is 6.08 Å². The lowest BCUT2D eigenvalue weighted by atomic mass is 9.87. The van der Waals surface area contributed by atoms with Crippen LogP contribution in [0.15, 0.2) is 61.2 Å². The molecule has 1 fully saturated rings. The molecule has 1 saturated heterocycles. The molecule has 0 N–H and O–H groups in total. The predicted molar refractivity (Wildman–Crippen MR) is 118 cm³/mol. The summed E-state index contributed by atoms with van der Waals surface area (Å²) in [5.74, 6) is 1.30. The van der Waals surface area contributed by atoms with Crippen LogP contribution in [0.3, 0.4) is 0 Å². The third-order valence-electron chi connectivity index (χ3n) is 5.77. The Balaban J connectivity index is 1.69. The molecular formula is C25H29N3O. The molecule has 4 nitrogen and oxygen atoms in total. The van der Waals surface area contributed by atoms with Crippen LogP contribution < -0.4 is 0 Å². The summed E-state index contributed by atoms with van der Waals surface area (Å²) in [7, 11) is 0. The van der Waals surface area contributed by atoms with E-state index in [-0.39, 0.29) is 17.2 Å². The lowest BCUT2D eigenvalue weighted by Gasteiger charge is -2.20. The first-order valence-corrected chi connectivity index (χ1v) is 10.3. The molecule has 4 heteroatoms. The maximum atomic E-state index is 12.4. The van der Waals surface area contributed by atoms with E-state index in [2.05, 4.69) is 74.4 Å². The van der Waals surface area contributed by atoms with Gasteiger partial charge in [0.1, 0.15) is 5.82 Å². The van der Waals surface area contributed by atoms with Crippen molar-refractivity contribution in [2.45, 2.75) is 45.1 Å². The first-order chi connectivity index (χ1) is 13.9. The second kappa shape index (κ2) is 7.51. The number of imidazole rings is 1. The van der Waals surface area contributed by atoms with E-state index in [0.29, 0.717) is 19.5 Å². The van der Waals surface area contributed by atoms with Crippen LogP contribution in [0.1, 0.15) is 50.1 Å². The maximum absolute atomic E-state index is 12.4. The average Bonchev–Trinajstić information content (AvgIpc) is 3.23. The number of para-hydroxylation sites is 2. The third-order valence-corrected chi connectivity index (χ3v) is 5.77. The van der Waals surface area contributed by atoms with E-state index in [1.165, 1.54) is 11.1 Å². The van der Waals surface area contributed by atoms with Gasteiger partial charge in [0.15, 0.2) is 0 Å². The Labute approximate surface area is 172 Å². The fourth-order valence-electron chi connectivity index (χ4n) is 4.14. The van der Waals surface area contributed by atoms with Gasteiger partial charge in [-0.3, -0.25) is 4.79 Å². The van der Waals surface area contributed by atoms with Crippen LogP contribution in [0.2, 0.25) is 0 Å². The van der Waals surface area contributed by atoms with Crippen molar-refractivity contribution in [1.29, 1.82) is 0 Å². The van der Waals surface area contributed by atoms with Crippen molar-refractivity contribution in [1.82, 2.24) is 14.5 Å². The van der Waals surface area contributed by atoms with Crippen LogP contribution in [0.5, 0.6) is 0 Å². The highest BCUT2D eigenvalue weighted by Crippen LogP contribution is 2.31. The zero-order valence-corrected chi connectivity index (χ0v) is 17.6. The Kier molecular flexibility index (Phi) is 5.03. The molecule has 0 saturated carbocycles. The number of hydrogen-bond donors (Lipinski definition) is 0. The standard InChI is InChI=1S/C25H29N3O/c1-5-14-27-17-19(15-23(27)29)24-26-21-8-6-7-9-22(21)28(24)16-18-10-12-20(13-11-18)25(2,3)4/h5-13,19H,1,14-17H2,2-4H3/t19-/m0/s1. The van der Waals surface area contributed by atoms with E-state index in [0.717, 1.165) is 23.4 Å². The molecule has 3 aromatic rings. The summed E-state index contributed by atoms with van der Waals surface area (Å²) in [5.41, 5.74) is 4.83. The zero-order valence-electron chi connectivity index (χ0n) is 17.6. The quantitative estimate of drug-likeness (QED) is 0.585. The lowest BCUT2D eigenvalue weighted by Crippen LogP contribution is -2.25. The highest BCUT2D eigenvalue weighted by molar-refractivity contribution is 5.81. The Morgan fingerprint density at radius 2 is 1.86 bits per heavy atom. The normalized spacial score (nSPS) is 17.3. The number of aromatic nitrogens is 2. The van der Waals surface area contributed by atoms with Gasteiger partial charge in [-0.15, -0.1) is 6.58 Å². The van der Waals surface area contributed by atoms with Gasteiger partial charge in [0.05, 0.1) is 11.0 Å². The summed E-state index contributed by atoms with van der Waals surface area (Å²) in [5, 5.41) is 0. The number of likely N-dealkylation sites (tertiary alicyclic amines) is 1. The minimum Gasteiger partial charge on any atom is -0.338 e. The molecule has 1 aliphatic heterocycles. The lowest BCUT2D eigenvalue weighted by molar-refractivity contribution is -0.127. The SMILES string of the molecule is C=CCN1C[C@@H](c2nc3ccccc3n2Cc2ccc(C(C)(C)C)cc2)CC1=O. The van der Waals surface area contributed by atoms with Gasteiger partial charge < -0.3 is 9.47 Å². The molecule has 29 heavy (non-hydrogen) atoms. The van der Waals surface area contributed by atoms with E-state index in [9.17, 15) is 4.79 Å². The molecule has 1 aliphatic rings. The largest absolute Gasteiger partial charge is 0.338 e. The Hall–Kier alpha value is -2.88. The van der Waals surface area contributed by atoms with Gasteiger partial charge in [0, 0.05) is 32.0 Å². The third kappa shape index (κ3) is 3.84.